The lowest BCUT2D eigenvalue weighted by molar-refractivity contribution is 0.104. The van der Waals surface area contributed by atoms with Gasteiger partial charge in [0.1, 0.15) is 22.9 Å². The summed E-state index contributed by atoms with van der Waals surface area (Å²) in [4.78, 5) is 37.8. The van der Waals surface area contributed by atoms with Crippen molar-refractivity contribution in [3.63, 3.8) is 0 Å². The third-order valence-electron chi connectivity index (χ3n) is 4.76. The second-order valence-electron chi connectivity index (χ2n) is 6.74. The highest BCUT2D eigenvalue weighted by molar-refractivity contribution is 9.10. The molecule has 0 fully saturated rings. The molecule has 7 nitrogen and oxygen atoms in total. The number of allylic oxidation sites excluding steroid dienone is 1. The van der Waals surface area contributed by atoms with Crippen LogP contribution in [0.5, 0.6) is 0 Å². The normalized spacial score (nSPS) is 14.3. The number of aromatic nitrogens is 2. The van der Waals surface area contributed by atoms with Gasteiger partial charge in [0, 0.05) is 29.7 Å². The summed E-state index contributed by atoms with van der Waals surface area (Å²) in [5.74, 6) is 0.918. The maximum absolute atomic E-state index is 12.8. The number of rotatable bonds is 4. The molecular weight excluding hydrogens is 438 g/mol. The molecule has 29 heavy (non-hydrogen) atoms. The standard InChI is InChI=1S/C21H18BrN3O4/c1-3-10-25-19-17(20(27)24(2)21(25)28)18(26)15(23-19)11-14-8-9-16(29-14)12-4-6-13(22)7-5-12/h4-9,11,23H,3,10H2,1-2H3/b15-11-. The van der Waals surface area contributed by atoms with Crippen LogP contribution in [0.2, 0.25) is 0 Å². The van der Waals surface area contributed by atoms with E-state index in [0.717, 1.165) is 14.6 Å². The van der Waals surface area contributed by atoms with Crippen LogP contribution in [0.1, 0.15) is 29.5 Å². The van der Waals surface area contributed by atoms with Crippen molar-refractivity contribution in [2.75, 3.05) is 5.32 Å². The molecule has 0 unspecified atom stereocenters. The predicted octanol–water partition coefficient (Wildman–Crippen LogP) is 3.63. The van der Waals surface area contributed by atoms with Crippen LogP contribution in [0, 0.1) is 0 Å². The summed E-state index contributed by atoms with van der Waals surface area (Å²) in [5.41, 5.74) is 0.0224. The Morgan fingerprint density at radius 2 is 1.83 bits per heavy atom. The summed E-state index contributed by atoms with van der Waals surface area (Å²) in [6, 6.07) is 11.2. The number of hydrogen-bond acceptors (Lipinski definition) is 5. The van der Waals surface area contributed by atoms with Gasteiger partial charge in [0.2, 0.25) is 5.78 Å². The first-order valence-electron chi connectivity index (χ1n) is 9.13. The number of Topliss-reactive ketones (excluding diaryl/α,β-unsaturated/α-hetero) is 1. The lowest BCUT2D eigenvalue weighted by Gasteiger charge is -2.11. The fourth-order valence-corrected chi connectivity index (χ4v) is 3.56. The van der Waals surface area contributed by atoms with E-state index in [0.29, 0.717) is 24.5 Å². The highest BCUT2D eigenvalue weighted by Gasteiger charge is 2.32. The summed E-state index contributed by atoms with van der Waals surface area (Å²) in [5, 5.41) is 2.95. The van der Waals surface area contributed by atoms with E-state index >= 15 is 0 Å². The fourth-order valence-electron chi connectivity index (χ4n) is 3.30. The minimum absolute atomic E-state index is 0.0218. The number of nitrogens with zero attached hydrogens (tertiary/aromatic N) is 2. The van der Waals surface area contributed by atoms with Gasteiger partial charge in [-0.15, -0.1) is 0 Å². The van der Waals surface area contributed by atoms with Crippen LogP contribution in [0.4, 0.5) is 5.82 Å². The van der Waals surface area contributed by atoms with Crippen LogP contribution >= 0.6 is 15.9 Å². The van der Waals surface area contributed by atoms with Gasteiger partial charge in [0.05, 0.1) is 5.70 Å². The van der Waals surface area contributed by atoms with Crippen LogP contribution in [0.3, 0.4) is 0 Å². The van der Waals surface area contributed by atoms with Gasteiger partial charge in [-0.1, -0.05) is 35.0 Å². The molecule has 0 spiro atoms. The Hall–Kier alpha value is -3.13. The van der Waals surface area contributed by atoms with Crippen molar-refractivity contribution >= 4 is 33.6 Å². The molecule has 1 aliphatic heterocycles. The number of furan rings is 1. The monoisotopic (exact) mass is 455 g/mol. The maximum Gasteiger partial charge on any atom is 0.332 e. The van der Waals surface area contributed by atoms with E-state index in [4.69, 9.17) is 4.42 Å². The summed E-state index contributed by atoms with van der Waals surface area (Å²) in [7, 11) is 1.38. The Balaban J connectivity index is 1.73. The van der Waals surface area contributed by atoms with Gasteiger partial charge < -0.3 is 9.73 Å². The molecule has 1 N–H and O–H groups in total. The maximum atomic E-state index is 12.8. The molecule has 4 rings (SSSR count). The lowest BCUT2D eigenvalue weighted by Crippen LogP contribution is -2.40. The van der Waals surface area contributed by atoms with Crippen LogP contribution < -0.4 is 16.6 Å². The number of carbonyl (C=O) groups excluding carboxylic acids is 1. The van der Waals surface area contributed by atoms with E-state index in [-0.39, 0.29) is 17.1 Å². The Kier molecular flexibility index (Phi) is 4.87. The number of ketones is 1. The van der Waals surface area contributed by atoms with Crippen LogP contribution in [0.25, 0.3) is 17.4 Å². The third kappa shape index (κ3) is 3.29. The molecule has 0 radical (unpaired) electrons. The fraction of sp³-hybridized carbons (Fsp3) is 0.190. The third-order valence-corrected chi connectivity index (χ3v) is 5.29. The summed E-state index contributed by atoms with van der Waals surface area (Å²) < 4.78 is 9.19. The predicted molar refractivity (Wildman–Crippen MR) is 114 cm³/mol. The molecule has 3 aromatic rings. The van der Waals surface area contributed by atoms with Crippen LogP contribution in [0.15, 0.2) is 60.6 Å². The minimum Gasteiger partial charge on any atom is -0.457 e. The van der Waals surface area contributed by atoms with Gasteiger partial charge in [-0.05, 0) is 30.7 Å². The number of halogens is 1. The van der Waals surface area contributed by atoms with Crippen molar-refractivity contribution in [2.45, 2.75) is 19.9 Å². The van der Waals surface area contributed by atoms with Gasteiger partial charge in [-0.25, -0.2) is 4.79 Å². The van der Waals surface area contributed by atoms with Crippen molar-refractivity contribution in [3.8, 4) is 11.3 Å². The molecule has 0 saturated carbocycles. The second kappa shape index (κ2) is 7.36. The van der Waals surface area contributed by atoms with Crippen molar-refractivity contribution in [2.24, 2.45) is 7.05 Å². The number of anilines is 1. The number of nitrogens with one attached hydrogen (secondary N) is 1. The average molecular weight is 456 g/mol. The molecule has 2 aromatic heterocycles. The van der Waals surface area contributed by atoms with Crippen molar-refractivity contribution < 1.29 is 9.21 Å². The Morgan fingerprint density at radius 1 is 1.10 bits per heavy atom. The molecule has 1 aliphatic rings. The second-order valence-corrected chi connectivity index (χ2v) is 7.66. The molecule has 0 saturated heterocycles. The van der Waals surface area contributed by atoms with Crippen molar-refractivity contribution in [1.82, 2.24) is 9.13 Å². The number of hydrogen-bond donors (Lipinski definition) is 1. The molecule has 0 amide bonds. The van der Waals surface area contributed by atoms with Gasteiger partial charge in [0.15, 0.2) is 0 Å². The van der Waals surface area contributed by atoms with Crippen LogP contribution in [-0.2, 0) is 13.6 Å². The zero-order chi connectivity index (χ0) is 20.7. The van der Waals surface area contributed by atoms with Gasteiger partial charge in [0.25, 0.3) is 5.56 Å². The lowest BCUT2D eigenvalue weighted by atomic mass is 10.2. The molecule has 0 aliphatic carbocycles. The van der Waals surface area contributed by atoms with E-state index in [1.165, 1.54) is 11.6 Å². The van der Waals surface area contributed by atoms with E-state index in [9.17, 15) is 14.4 Å². The highest BCUT2D eigenvalue weighted by atomic mass is 79.9. The van der Waals surface area contributed by atoms with Crippen LogP contribution in [-0.4, -0.2) is 14.9 Å². The molecule has 0 atom stereocenters. The van der Waals surface area contributed by atoms with E-state index < -0.39 is 17.0 Å². The molecule has 0 bridgehead atoms. The number of fused-ring (bicyclic) bond motifs is 1. The Morgan fingerprint density at radius 3 is 2.52 bits per heavy atom. The van der Waals surface area contributed by atoms with E-state index in [2.05, 4.69) is 21.2 Å². The van der Waals surface area contributed by atoms with Crippen molar-refractivity contribution in [3.05, 3.63) is 78.7 Å². The molecular formula is C21H18BrN3O4. The zero-order valence-corrected chi connectivity index (χ0v) is 17.4. The molecule has 3 heterocycles. The van der Waals surface area contributed by atoms with Crippen molar-refractivity contribution in [1.29, 1.82) is 0 Å². The summed E-state index contributed by atoms with van der Waals surface area (Å²) in [6.07, 6.45) is 2.24. The first kappa shape index (κ1) is 19.2. The first-order valence-corrected chi connectivity index (χ1v) is 9.93. The van der Waals surface area contributed by atoms with Gasteiger partial charge in [-0.2, -0.15) is 0 Å². The Labute approximate surface area is 174 Å². The first-order chi connectivity index (χ1) is 13.9. The SMILES string of the molecule is CCCn1c2c(c(=O)n(C)c1=O)C(=O)/C(=C/c1ccc(-c3ccc(Br)cc3)o1)N2. The van der Waals surface area contributed by atoms with Gasteiger partial charge >= 0.3 is 5.69 Å². The topological polar surface area (TPSA) is 86.2 Å². The molecule has 148 valence electrons. The number of carbonyl (C=O) groups is 1. The van der Waals surface area contributed by atoms with E-state index in [1.807, 2.05) is 37.3 Å². The summed E-state index contributed by atoms with van der Waals surface area (Å²) in [6.45, 7) is 2.32. The Bertz CT molecular complexity index is 1260. The summed E-state index contributed by atoms with van der Waals surface area (Å²) >= 11 is 3.40. The molecule has 1 aromatic carbocycles. The minimum atomic E-state index is -0.603. The quantitative estimate of drug-likeness (QED) is 0.606. The highest BCUT2D eigenvalue weighted by Crippen LogP contribution is 2.28. The zero-order valence-electron chi connectivity index (χ0n) is 15.9. The van der Waals surface area contributed by atoms with E-state index in [1.54, 1.807) is 12.1 Å². The average Bonchev–Trinajstić information content (AvgIpc) is 3.29. The van der Waals surface area contributed by atoms with Gasteiger partial charge in [-0.3, -0.25) is 18.7 Å². The number of benzene rings is 1. The molecule has 8 heteroatoms. The smallest absolute Gasteiger partial charge is 0.332 e. The largest absolute Gasteiger partial charge is 0.457 e.